The second-order valence-electron chi connectivity index (χ2n) is 24.4. The van der Waals surface area contributed by atoms with Crippen LogP contribution in [0.2, 0.25) is 0 Å². The number of halogens is 3. The van der Waals surface area contributed by atoms with Gasteiger partial charge >= 0.3 is 6.18 Å². The Morgan fingerprint density at radius 1 is 0.319 bits per heavy atom. The van der Waals surface area contributed by atoms with Crippen molar-refractivity contribution >= 4 is 108 Å². The molecular formula is C80H92F3O6S5+5. The number of alkyl halides is 3. The maximum atomic E-state index is 12.3. The molecule has 0 bridgehead atoms. The molecule has 15 rings (SSSR count). The quantitative estimate of drug-likeness (QED) is 0.0787. The van der Waals surface area contributed by atoms with Gasteiger partial charge in [-0.25, -0.2) is 0 Å². The van der Waals surface area contributed by atoms with Crippen molar-refractivity contribution in [3.63, 3.8) is 0 Å². The molecule has 0 radical (unpaired) electrons. The Labute approximate surface area is 569 Å². The number of phenols is 2. The number of unbranched alkanes of at least 4 members (excludes halogenated alkanes) is 1. The molecule has 5 saturated heterocycles. The first-order valence-electron chi connectivity index (χ1n) is 33.8. The number of hydrogen-bond acceptors (Lipinski definition) is 6. The number of hydrogen-bond donors (Lipinski definition) is 2. The summed E-state index contributed by atoms with van der Waals surface area (Å²) in [4.78, 5) is 7.25. The second-order valence-corrected chi connectivity index (χ2v) is 35.6. The fourth-order valence-corrected chi connectivity index (χ4v) is 25.6. The third-order valence-electron chi connectivity index (χ3n) is 17.9. The van der Waals surface area contributed by atoms with Gasteiger partial charge in [-0.05, 0) is 168 Å². The molecule has 5 heterocycles. The van der Waals surface area contributed by atoms with Crippen molar-refractivity contribution in [2.45, 2.75) is 121 Å². The van der Waals surface area contributed by atoms with Gasteiger partial charge in [-0.15, -0.1) is 0 Å². The summed E-state index contributed by atoms with van der Waals surface area (Å²) >= 11 is 0. The summed E-state index contributed by atoms with van der Waals surface area (Å²) in [5, 5.41) is 31.3. The second kappa shape index (κ2) is 34.8. The Bertz CT molecular complexity index is 3940. The third-order valence-corrected chi connectivity index (χ3v) is 30.6. The average molecular weight is 1370 g/mol. The number of methoxy groups -OCH3 is 1. The molecule has 0 saturated carbocycles. The molecule has 0 amide bonds. The number of rotatable bonds is 15. The summed E-state index contributed by atoms with van der Waals surface area (Å²) < 4.78 is 58.9. The summed E-state index contributed by atoms with van der Waals surface area (Å²) in [5.41, 5.74) is 0. The van der Waals surface area contributed by atoms with Gasteiger partial charge in [0.1, 0.15) is 92.9 Å². The van der Waals surface area contributed by atoms with E-state index in [0.717, 1.165) is 46.1 Å². The normalized spacial score (nSPS) is 16.5. The lowest BCUT2D eigenvalue weighted by Crippen LogP contribution is -2.19. The van der Waals surface area contributed by atoms with E-state index in [4.69, 9.17) is 18.9 Å². The van der Waals surface area contributed by atoms with Crippen LogP contribution in [0.25, 0.3) is 53.9 Å². The Kier molecular flexibility index (Phi) is 25.7. The van der Waals surface area contributed by atoms with Crippen LogP contribution in [0, 0.1) is 0 Å². The molecule has 0 spiro atoms. The minimum Gasteiger partial charge on any atom is -0.507 e. The van der Waals surface area contributed by atoms with Crippen LogP contribution in [0.4, 0.5) is 13.2 Å². The lowest BCUT2D eigenvalue weighted by molar-refractivity contribution is -0.153. The number of fused-ring (bicyclic) bond motifs is 5. The molecule has 94 heavy (non-hydrogen) atoms. The maximum absolute atomic E-state index is 12.3. The van der Waals surface area contributed by atoms with Gasteiger partial charge < -0.3 is 29.2 Å². The molecule has 14 heteroatoms. The van der Waals surface area contributed by atoms with Gasteiger partial charge in [0.2, 0.25) is 0 Å². The van der Waals surface area contributed by atoms with Crippen molar-refractivity contribution in [2.24, 2.45) is 0 Å². The van der Waals surface area contributed by atoms with Crippen LogP contribution >= 0.6 is 0 Å². The summed E-state index contributed by atoms with van der Waals surface area (Å²) in [6.45, 7) is 3.01. The minimum atomic E-state index is -4.31. The van der Waals surface area contributed by atoms with Crippen molar-refractivity contribution in [1.29, 1.82) is 0 Å². The molecule has 10 aromatic rings. The van der Waals surface area contributed by atoms with Gasteiger partial charge in [-0.3, -0.25) is 0 Å². The van der Waals surface area contributed by atoms with Gasteiger partial charge in [-0.2, -0.15) is 13.2 Å². The zero-order chi connectivity index (χ0) is 65.1. The van der Waals surface area contributed by atoms with E-state index in [1.54, 1.807) is 18.1 Å². The Hall–Kier alpha value is -6.00. The molecule has 0 atom stereocenters. The highest BCUT2D eigenvalue weighted by atomic mass is 32.2. The van der Waals surface area contributed by atoms with Crippen molar-refractivity contribution in [3.8, 4) is 28.7 Å². The fourth-order valence-electron chi connectivity index (χ4n) is 13.1. The number of phenolic OH excluding ortho intramolecular Hbond substituents is 2. The van der Waals surface area contributed by atoms with E-state index in [0.29, 0.717) is 74.0 Å². The lowest BCUT2D eigenvalue weighted by Gasteiger charge is -2.15. The van der Waals surface area contributed by atoms with Gasteiger partial charge in [0, 0.05) is 115 Å². The highest BCUT2D eigenvalue weighted by Crippen LogP contribution is 2.40. The average Bonchev–Trinajstić information content (AvgIpc) is 1.54. The Morgan fingerprint density at radius 2 is 0.585 bits per heavy atom. The molecule has 0 aromatic heterocycles. The zero-order valence-corrected chi connectivity index (χ0v) is 58.7. The van der Waals surface area contributed by atoms with Crippen molar-refractivity contribution in [1.82, 2.24) is 0 Å². The predicted octanol–water partition coefficient (Wildman–Crippen LogP) is 20.0. The molecule has 5 aliphatic heterocycles. The molecule has 5 aliphatic rings. The van der Waals surface area contributed by atoms with Crippen LogP contribution in [-0.4, -0.2) is 107 Å². The van der Waals surface area contributed by atoms with Crippen LogP contribution in [0.15, 0.2) is 206 Å². The summed E-state index contributed by atoms with van der Waals surface area (Å²) in [5.74, 6) is 16.3. The van der Waals surface area contributed by atoms with Gasteiger partial charge in [-0.1, -0.05) is 104 Å². The molecule has 10 aromatic carbocycles. The van der Waals surface area contributed by atoms with E-state index in [9.17, 15) is 23.4 Å². The van der Waals surface area contributed by atoms with Gasteiger partial charge in [0.15, 0.2) is 31.1 Å². The Balaban J connectivity index is 0.000000120. The summed E-state index contributed by atoms with van der Waals surface area (Å²) in [6.07, 6.45) is 12.8. The fraction of sp³-hybridized carbons (Fsp3) is 0.375. The third kappa shape index (κ3) is 18.0. The van der Waals surface area contributed by atoms with Crippen molar-refractivity contribution in [3.05, 3.63) is 182 Å². The Morgan fingerprint density at radius 3 is 0.894 bits per heavy atom. The molecule has 0 aliphatic carbocycles. The van der Waals surface area contributed by atoms with E-state index in [1.165, 1.54) is 186 Å². The predicted molar refractivity (Wildman–Crippen MR) is 400 cm³/mol. The highest BCUT2D eigenvalue weighted by molar-refractivity contribution is 7.98. The largest absolute Gasteiger partial charge is 0.507 e. The van der Waals surface area contributed by atoms with Crippen LogP contribution in [0.3, 0.4) is 0 Å². The molecule has 0 unspecified atom stereocenters. The number of benzene rings is 10. The van der Waals surface area contributed by atoms with E-state index in [-0.39, 0.29) is 10.9 Å². The molecule has 6 nitrogen and oxygen atoms in total. The first-order chi connectivity index (χ1) is 46.1. The van der Waals surface area contributed by atoms with Crippen molar-refractivity contribution < 1.29 is 42.3 Å². The monoisotopic (exact) mass is 1370 g/mol. The zero-order valence-electron chi connectivity index (χ0n) is 54.6. The van der Waals surface area contributed by atoms with Crippen LogP contribution in [-0.2, 0) is 59.2 Å². The maximum Gasteiger partial charge on any atom is 0.422 e. The molecule has 2 N–H and O–H groups in total. The van der Waals surface area contributed by atoms with Gasteiger partial charge in [0.05, 0.1) is 13.2 Å². The molecular weight excluding hydrogens is 1270 g/mol. The summed E-state index contributed by atoms with van der Waals surface area (Å²) in [6, 6.07) is 61.9. The smallest absolute Gasteiger partial charge is 0.422 e. The van der Waals surface area contributed by atoms with Gasteiger partial charge in [0.25, 0.3) is 0 Å². The molecule has 5 fully saturated rings. The minimum absolute atomic E-state index is 0.228. The topological polar surface area (TPSA) is 77.4 Å². The SMILES string of the molecule is CCCCOc1ccc([S+]2CCCC2)c2ccccc12.COCCOc1ccc([S+]2CCCC2)c2ccccc12.FC(F)(F)COc1ccc([S+]2CCCC2)c2ccccc12.Oc1ccc([S+]2CCCC2)c2ccccc12.Oc1ccc([S+]2CCCCC2)c2ccccc12. The highest BCUT2D eigenvalue weighted by Gasteiger charge is 2.34. The van der Waals surface area contributed by atoms with E-state index in [2.05, 4.69) is 116 Å². The first kappa shape index (κ1) is 69.4. The van der Waals surface area contributed by atoms with Crippen LogP contribution in [0.1, 0.15) is 90.4 Å². The van der Waals surface area contributed by atoms with Crippen LogP contribution in [0.5, 0.6) is 28.7 Å². The van der Waals surface area contributed by atoms with E-state index in [1.807, 2.05) is 66.7 Å². The number of aromatic hydroxyl groups is 2. The van der Waals surface area contributed by atoms with E-state index >= 15 is 0 Å². The summed E-state index contributed by atoms with van der Waals surface area (Å²) in [7, 11) is 3.64. The standard InChI is InChI=1S/C18H23OS.C17H21O2S.C16H16F3OS.C15H16OS.C14H14OS/c1-2-3-12-19-17-10-11-18(20-13-6-7-14-20)16-9-5-4-8-15(16)17;1-18-10-11-19-16-8-9-17(20-12-4-5-13-20)15-7-3-2-6-14(15)16;17-16(18,19)11-20-14-7-8-15(21-9-3-4-10-21)13-6-2-1-5-12(13)14;16-14-8-9-15(17-10-4-1-5-11-17)13-7-3-2-6-12(13)14;15-13-7-8-14(16-9-3-4-10-16)12-6-2-1-5-11(12)13/h4-5,8-11H,2-3,6-7,12-14H2,1H3;2-3,6-9H,4-5,10-13H2,1H3;1-2,5-8H,3-4,9-11H2;2-3,6-9H,1,4-5,10-11H2;1-2,5-8H,3-4,9-10H2/q3*+1;;/p+2. The van der Waals surface area contributed by atoms with Crippen LogP contribution < -0.4 is 14.2 Å². The number of ether oxygens (including phenoxy) is 4. The van der Waals surface area contributed by atoms with Crippen molar-refractivity contribution in [2.75, 3.05) is 91.1 Å². The van der Waals surface area contributed by atoms with E-state index < -0.39 is 12.8 Å². The first-order valence-corrected chi connectivity index (χ1v) is 41.7. The molecule has 494 valence electrons. The lowest BCUT2D eigenvalue weighted by atomic mass is 10.1.